The minimum atomic E-state index is -0.264. The molecule has 0 saturated carbocycles. The zero-order valence-electron chi connectivity index (χ0n) is 19.2. The number of carbonyl (C=O) groups is 2. The molecule has 0 bridgehead atoms. The molecule has 3 amide bonds. The summed E-state index contributed by atoms with van der Waals surface area (Å²) in [5.74, 6) is 1.42. The lowest BCUT2D eigenvalue weighted by molar-refractivity contribution is -0.121. The molecule has 0 aliphatic carbocycles. The number of nitrogens with one attached hydrogen (secondary N) is 2. The highest BCUT2D eigenvalue weighted by Crippen LogP contribution is 2.25. The van der Waals surface area contributed by atoms with Crippen LogP contribution in [0.4, 0.5) is 16.2 Å². The van der Waals surface area contributed by atoms with Crippen molar-refractivity contribution in [2.24, 2.45) is 0 Å². The van der Waals surface area contributed by atoms with Crippen molar-refractivity contribution in [1.82, 2.24) is 5.32 Å². The van der Waals surface area contributed by atoms with E-state index in [1.807, 2.05) is 85.8 Å². The van der Waals surface area contributed by atoms with E-state index in [9.17, 15) is 9.59 Å². The third-order valence-electron chi connectivity index (χ3n) is 5.06. The Hall–Kier alpha value is -3.80. The lowest BCUT2D eigenvalue weighted by Crippen LogP contribution is -2.41. The van der Waals surface area contributed by atoms with E-state index in [1.165, 1.54) is 0 Å². The summed E-state index contributed by atoms with van der Waals surface area (Å²) in [6, 6.07) is 24.3. The number of anilines is 2. The fraction of sp³-hybridized carbons (Fsp3) is 0.259. The summed E-state index contributed by atoms with van der Waals surface area (Å²) in [6.07, 6.45) is 2.32. The topological polar surface area (TPSA) is 70.7 Å². The molecule has 3 aromatic rings. The number of rotatable bonds is 10. The molecule has 0 aromatic heterocycles. The number of amides is 3. The quantitative estimate of drug-likeness (QED) is 0.394. The molecule has 3 rings (SSSR count). The van der Waals surface area contributed by atoms with E-state index >= 15 is 0 Å². The van der Waals surface area contributed by atoms with E-state index < -0.39 is 0 Å². The van der Waals surface area contributed by atoms with Gasteiger partial charge >= 0.3 is 6.03 Å². The van der Waals surface area contributed by atoms with Crippen LogP contribution < -0.4 is 20.3 Å². The predicted molar refractivity (Wildman–Crippen MR) is 133 cm³/mol. The Bertz CT molecular complexity index is 1040. The summed E-state index contributed by atoms with van der Waals surface area (Å²) >= 11 is 0. The summed E-state index contributed by atoms with van der Waals surface area (Å²) in [5, 5.41) is 5.86. The van der Waals surface area contributed by atoms with Gasteiger partial charge in [0.15, 0.2) is 0 Å². The van der Waals surface area contributed by atoms with Crippen molar-refractivity contribution >= 4 is 23.3 Å². The third kappa shape index (κ3) is 7.68. The van der Waals surface area contributed by atoms with Crippen molar-refractivity contribution in [2.75, 3.05) is 23.3 Å². The monoisotopic (exact) mass is 445 g/mol. The summed E-state index contributed by atoms with van der Waals surface area (Å²) < 4.78 is 5.86. The standard InChI is InChI=1S/C27H31N3O3/c1-3-4-13-26(31)28-18-19-30(27(32)29-22-10-8-9-21(2)20-22)23-14-16-25(17-15-23)33-24-11-6-5-7-12-24/h5-12,14-17,20H,3-4,13,18-19H2,1-2H3,(H,28,31)(H,29,32). The molecule has 172 valence electrons. The van der Waals surface area contributed by atoms with Gasteiger partial charge in [-0.2, -0.15) is 0 Å². The second-order valence-electron chi connectivity index (χ2n) is 7.81. The van der Waals surface area contributed by atoms with Crippen molar-refractivity contribution in [1.29, 1.82) is 0 Å². The second kappa shape index (κ2) is 12.3. The molecule has 6 nitrogen and oxygen atoms in total. The molecule has 0 aliphatic rings. The van der Waals surface area contributed by atoms with E-state index in [-0.39, 0.29) is 11.9 Å². The summed E-state index contributed by atoms with van der Waals surface area (Å²) in [4.78, 5) is 26.7. The number of hydrogen-bond donors (Lipinski definition) is 2. The number of benzene rings is 3. The highest BCUT2D eigenvalue weighted by Gasteiger charge is 2.17. The summed E-state index contributed by atoms with van der Waals surface area (Å²) in [7, 11) is 0. The van der Waals surface area contributed by atoms with Crippen molar-refractivity contribution in [3.05, 3.63) is 84.4 Å². The lowest BCUT2D eigenvalue weighted by Gasteiger charge is -2.24. The maximum atomic E-state index is 13.1. The molecule has 0 aliphatic heterocycles. The number of para-hydroxylation sites is 1. The maximum Gasteiger partial charge on any atom is 0.326 e. The highest BCUT2D eigenvalue weighted by atomic mass is 16.5. The van der Waals surface area contributed by atoms with Crippen LogP contribution in [-0.2, 0) is 4.79 Å². The van der Waals surface area contributed by atoms with Gasteiger partial charge < -0.3 is 15.4 Å². The van der Waals surface area contributed by atoms with Crippen LogP contribution in [0.1, 0.15) is 31.7 Å². The molecular weight excluding hydrogens is 414 g/mol. The minimum absolute atomic E-state index is 0.00232. The van der Waals surface area contributed by atoms with Crippen LogP contribution in [0.5, 0.6) is 11.5 Å². The van der Waals surface area contributed by atoms with Crippen LogP contribution in [0.15, 0.2) is 78.9 Å². The van der Waals surface area contributed by atoms with Gasteiger partial charge in [-0.15, -0.1) is 0 Å². The molecule has 3 aromatic carbocycles. The normalized spacial score (nSPS) is 10.4. The molecule has 0 saturated heterocycles. The van der Waals surface area contributed by atoms with Gasteiger partial charge in [0.05, 0.1) is 0 Å². The minimum Gasteiger partial charge on any atom is -0.457 e. The maximum absolute atomic E-state index is 13.1. The molecule has 0 fully saturated rings. The predicted octanol–water partition coefficient (Wildman–Crippen LogP) is 6.13. The number of urea groups is 1. The first kappa shape index (κ1) is 23.9. The van der Waals surface area contributed by atoms with Crippen LogP contribution in [0, 0.1) is 6.92 Å². The van der Waals surface area contributed by atoms with E-state index in [0.717, 1.165) is 29.8 Å². The van der Waals surface area contributed by atoms with E-state index in [4.69, 9.17) is 4.74 Å². The Morgan fingerprint density at radius 3 is 2.33 bits per heavy atom. The van der Waals surface area contributed by atoms with E-state index in [2.05, 4.69) is 17.6 Å². The highest BCUT2D eigenvalue weighted by molar-refractivity contribution is 6.01. The molecule has 33 heavy (non-hydrogen) atoms. The lowest BCUT2D eigenvalue weighted by atomic mass is 10.2. The van der Waals surface area contributed by atoms with Crippen molar-refractivity contribution in [3.63, 3.8) is 0 Å². The number of carbonyl (C=O) groups excluding carboxylic acids is 2. The van der Waals surface area contributed by atoms with Gasteiger partial charge in [0.1, 0.15) is 11.5 Å². The molecule has 0 spiro atoms. The Morgan fingerprint density at radius 1 is 0.909 bits per heavy atom. The summed E-state index contributed by atoms with van der Waals surface area (Å²) in [5.41, 5.74) is 2.49. The largest absolute Gasteiger partial charge is 0.457 e. The van der Waals surface area contributed by atoms with Gasteiger partial charge in [-0.1, -0.05) is 43.7 Å². The fourth-order valence-corrected chi connectivity index (χ4v) is 3.31. The van der Waals surface area contributed by atoms with Gasteiger partial charge in [0.25, 0.3) is 0 Å². The first-order valence-electron chi connectivity index (χ1n) is 11.3. The van der Waals surface area contributed by atoms with E-state index in [1.54, 1.807) is 4.90 Å². The van der Waals surface area contributed by atoms with Gasteiger partial charge in [-0.05, 0) is 67.4 Å². The van der Waals surface area contributed by atoms with Crippen LogP contribution in [-0.4, -0.2) is 25.0 Å². The van der Waals surface area contributed by atoms with Gasteiger partial charge in [0, 0.05) is 30.9 Å². The third-order valence-corrected chi connectivity index (χ3v) is 5.06. The molecular formula is C27H31N3O3. The molecule has 0 radical (unpaired) electrons. The van der Waals surface area contributed by atoms with Gasteiger partial charge in [-0.25, -0.2) is 4.79 Å². The van der Waals surface area contributed by atoms with E-state index in [0.29, 0.717) is 30.9 Å². The van der Waals surface area contributed by atoms with Gasteiger partial charge in [0.2, 0.25) is 5.91 Å². The average Bonchev–Trinajstić information content (AvgIpc) is 2.82. The van der Waals surface area contributed by atoms with Crippen molar-refractivity contribution in [3.8, 4) is 11.5 Å². The Balaban J connectivity index is 1.70. The van der Waals surface area contributed by atoms with Gasteiger partial charge in [-0.3, -0.25) is 9.69 Å². The number of ether oxygens (including phenoxy) is 1. The van der Waals surface area contributed by atoms with Crippen LogP contribution in [0.25, 0.3) is 0 Å². The first-order chi connectivity index (χ1) is 16.0. The first-order valence-corrected chi connectivity index (χ1v) is 11.3. The number of unbranched alkanes of at least 4 members (excludes halogenated alkanes) is 1. The molecule has 0 heterocycles. The van der Waals surface area contributed by atoms with Crippen LogP contribution >= 0.6 is 0 Å². The molecule has 6 heteroatoms. The average molecular weight is 446 g/mol. The SMILES string of the molecule is CCCCC(=O)NCCN(C(=O)Nc1cccc(C)c1)c1ccc(Oc2ccccc2)cc1. The Kier molecular flexibility index (Phi) is 8.88. The summed E-state index contributed by atoms with van der Waals surface area (Å²) in [6.45, 7) is 4.74. The van der Waals surface area contributed by atoms with Crippen LogP contribution in [0.2, 0.25) is 0 Å². The van der Waals surface area contributed by atoms with Crippen LogP contribution in [0.3, 0.4) is 0 Å². The fourth-order valence-electron chi connectivity index (χ4n) is 3.31. The number of aryl methyl sites for hydroxylation is 1. The number of hydrogen-bond acceptors (Lipinski definition) is 3. The molecule has 0 atom stereocenters. The molecule has 0 unspecified atom stereocenters. The zero-order chi connectivity index (χ0) is 23.5. The van der Waals surface area contributed by atoms with Crippen molar-refractivity contribution in [2.45, 2.75) is 33.1 Å². The number of nitrogens with zero attached hydrogens (tertiary/aromatic N) is 1. The second-order valence-corrected chi connectivity index (χ2v) is 7.81. The Morgan fingerprint density at radius 2 is 1.64 bits per heavy atom. The van der Waals surface area contributed by atoms with Crippen molar-refractivity contribution < 1.29 is 14.3 Å². The zero-order valence-corrected chi connectivity index (χ0v) is 19.2. The smallest absolute Gasteiger partial charge is 0.326 e. The molecule has 2 N–H and O–H groups in total. The Labute approximate surface area is 195 Å².